The topological polar surface area (TPSA) is 64.6 Å². The van der Waals surface area contributed by atoms with Crippen LogP contribution < -0.4 is 14.8 Å². The van der Waals surface area contributed by atoms with Gasteiger partial charge in [0.05, 0.1) is 11.1 Å². The quantitative estimate of drug-likeness (QED) is 0.747. The number of ether oxygens (including phenoxy) is 2. The van der Waals surface area contributed by atoms with Crippen LogP contribution in [0.2, 0.25) is 0 Å². The smallest absolute Gasteiger partial charge is 0.262 e. The van der Waals surface area contributed by atoms with Crippen molar-refractivity contribution < 1.29 is 19.1 Å². The Balaban J connectivity index is 1.88. The van der Waals surface area contributed by atoms with Crippen LogP contribution in [0.5, 0.6) is 11.5 Å². The molecule has 0 unspecified atom stereocenters. The van der Waals surface area contributed by atoms with Crippen molar-refractivity contribution in [2.75, 3.05) is 18.5 Å². The van der Waals surface area contributed by atoms with Gasteiger partial charge in [-0.05, 0) is 65.3 Å². The maximum Gasteiger partial charge on any atom is 0.262 e. The molecule has 120 valence electrons. The van der Waals surface area contributed by atoms with E-state index in [1.165, 1.54) is 0 Å². The van der Waals surface area contributed by atoms with Crippen molar-refractivity contribution in [1.82, 2.24) is 0 Å². The molecule has 0 spiro atoms. The van der Waals surface area contributed by atoms with Crippen molar-refractivity contribution >= 4 is 33.8 Å². The van der Waals surface area contributed by atoms with Gasteiger partial charge in [0.1, 0.15) is 17.8 Å². The molecule has 5 nitrogen and oxygen atoms in total. The van der Waals surface area contributed by atoms with Gasteiger partial charge in [0.2, 0.25) is 0 Å². The Labute approximate surface area is 142 Å². The van der Waals surface area contributed by atoms with Gasteiger partial charge in [0, 0.05) is 11.3 Å². The van der Waals surface area contributed by atoms with E-state index in [1.807, 2.05) is 6.92 Å². The zero-order valence-corrected chi connectivity index (χ0v) is 14.1. The lowest BCUT2D eigenvalue weighted by atomic mass is 10.2. The molecule has 0 radical (unpaired) electrons. The van der Waals surface area contributed by atoms with Gasteiger partial charge < -0.3 is 14.8 Å². The molecular weight excluding hydrogens is 362 g/mol. The monoisotopic (exact) mass is 377 g/mol. The summed E-state index contributed by atoms with van der Waals surface area (Å²) < 4.78 is 11.4. The zero-order chi connectivity index (χ0) is 16.7. The highest BCUT2D eigenvalue weighted by Crippen LogP contribution is 2.25. The van der Waals surface area contributed by atoms with Crippen LogP contribution in [0.3, 0.4) is 0 Å². The van der Waals surface area contributed by atoms with E-state index < -0.39 is 0 Å². The normalized spacial score (nSPS) is 10.0. The number of benzene rings is 2. The zero-order valence-electron chi connectivity index (χ0n) is 12.5. The number of hydrogen-bond acceptors (Lipinski definition) is 4. The Hall–Kier alpha value is -2.34. The molecule has 0 heterocycles. The SMILES string of the molecule is CCOc1ccc(NC(=O)COc2ccc(C=O)cc2Br)cc1. The summed E-state index contributed by atoms with van der Waals surface area (Å²) in [4.78, 5) is 22.6. The van der Waals surface area contributed by atoms with Crippen LogP contribution >= 0.6 is 15.9 Å². The number of rotatable bonds is 7. The lowest BCUT2D eigenvalue weighted by molar-refractivity contribution is -0.118. The molecule has 0 aliphatic heterocycles. The van der Waals surface area contributed by atoms with Gasteiger partial charge in [-0.25, -0.2) is 0 Å². The molecular formula is C17H16BrNO4. The standard InChI is InChI=1S/C17H16BrNO4/c1-2-22-14-6-4-13(5-7-14)19-17(21)11-23-16-8-3-12(10-20)9-15(16)18/h3-10H,2,11H2,1H3,(H,19,21). The lowest BCUT2D eigenvalue weighted by Gasteiger charge is -2.10. The van der Waals surface area contributed by atoms with Crippen LogP contribution in [0.4, 0.5) is 5.69 Å². The highest BCUT2D eigenvalue weighted by molar-refractivity contribution is 9.10. The lowest BCUT2D eigenvalue weighted by Crippen LogP contribution is -2.20. The molecule has 1 amide bonds. The number of carbonyl (C=O) groups excluding carboxylic acids is 2. The largest absolute Gasteiger partial charge is 0.494 e. The summed E-state index contributed by atoms with van der Waals surface area (Å²) >= 11 is 3.30. The van der Waals surface area contributed by atoms with Crippen molar-refractivity contribution in [3.63, 3.8) is 0 Å². The molecule has 2 aromatic rings. The summed E-state index contributed by atoms with van der Waals surface area (Å²) in [6, 6.07) is 12.0. The second kappa shape index (κ2) is 8.33. The van der Waals surface area contributed by atoms with Crippen LogP contribution in [-0.2, 0) is 4.79 Å². The molecule has 1 N–H and O–H groups in total. The molecule has 0 aromatic heterocycles. The van der Waals surface area contributed by atoms with E-state index in [2.05, 4.69) is 21.2 Å². The van der Waals surface area contributed by atoms with E-state index in [9.17, 15) is 9.59 Å². The second-order valence-electron chi connectivity index (χ2n) is 4.60. The molecule has 0 bridgehead atoms. The number of anilines is 1. The maximum atomic E-state index is 11.9. The molecule has 0 atom stereocenters. The molecule has 0 fully saturated rings. The van der Waals surface area contributed by atoms with Crippen LogP contribution in [-0.4, -0.2) is 25.4 Å². The van der Waals surface area contributed by atoms with Gasteiger partial charge in [-0.2, -0.15) is 0 Å². The number of hydrogen-bond donors (Lipinski definition) is 1. The minimum Gasteiger partial charge on any atom is -0.494 e. The first kappa shape index (κ1) is 17.0. The first-order valence-electron chi connectivity index (χ1n) is 7.02. The van der Waals surface area contributed by atoms with Gasteiger partial charge in [0.25, 0.3) is 5.91 Å². The summed E-state index contributed by atoms with van der Waals surface area (Å²) in [7, 11) is 0. The number of aldehydes is 1. The van der Waals surface area contributed by atoms with Crippen molar-refractivity contribution in [3.05, 3.63) is 52.5 Å². The highest BCUT2D eigenvalue weighted by atomic mass is 79.9. The summed E-state index contributed by atoms with van der Waals surface area (Å²) in [5.41, 5.74) is 1.19. The second-order valence-corrected chi connectivity index (χ2v) is 5.46. The molecule has 2 aromatic carbocycles. The first-order chi connectivity index (χ1) is 11.1. The van der Waals surface area contributed by atoms with E-state index in [0.29, 0.717) is 28.1 Å². The molecule has 6 heteroatoms. The molecule has 0 aliphatic rings. The van der Waals surface area contributed by atoms with E-state index in [4.69, 9.17) is 9.47 Å². The minimum atomic E-state index is -0.277. The van der Waals surface area contributed by atoms with Gasteiger partial charge >= 0.3 is 0 Å². The minimum absolute atomic E-state index is 0.133. The van der Waals surface area contributed by atoms with Crippen LogP contribution in [0, 0.1) is 0 Å². The Morgan fingerprint density at radius 3 is 2.52 bits per heavy atom. The Morgan fingerprint density at radius 1 is 1.17 bits per heavy atom. The number of carbonyl (C=O) groups is 2. The molecule has 0 aliphatic carbocycles. The van der Waals surface area contributed by atoms with Crippen LogP contribution in [0.1, 0.15) is 17.3 Å². The third-order valence-corrected chi connectivity index (χ3v) is 3.52. The number of halogens is 1. The predicted octanol–water partition coefficient (Wildman–Crippen LogP) is 3.68. The summed E-state index contributed by atoms with van der Waals surface area (Å²) in [5.74, 6) is 0.971. The highest BCUT2D eigenvalue weighted by Gasteiger charge is 2.07. The average molecular weight is 378 g/mol. The number of amides is 1. The molecule has 23 heavy (non-hydrogen) atoms. The van der Waals surface area contributed by atoms with Crippen molar-refractivity contribution in [2.45, 2.75) is 6.92 Å². The Kier molecular flexibility index (Phi) is 6.17. The summed E-state index contributed by atoms with van der Waals surface area (Å²) in [6.45, 7) is 2.37. The van der Waals surface area contributed by atoms with E-state index in [0.717, 1.165) is 12.0 Å². The third-order valence-electron chi connectivity index (χ3n) is 2.90. The maximum absolute atomic E-state index is 11.9. The van der Waals surface area contributed by atoms with Gasteiger partial charge in [-0.1, -0.05) is 0 Å². The van der Waals surface area contributed by atoms with E-state index in [1.54, 1.807) is 42.5 Å². The van der Waals surface area contributed by atoms with Gasteiger partial charge in [-0.15, -0.1) is 0 Å². The van der Waals surface area contributed by atoms with Crippen molar-refractivity contribution in [3.8, 4) is 11.5 Å². The first-order valence-corrected chi connectivity index (χ1v) is 7.82. The average Bonchev–Trinajstić information content (AvgIpc) is 2.55. The van der Waals surface area contributed by atoms with Crippen molar-refractivity contribution in [2.24, 2.45) is 0 Å². The van der Waals surface area contributed by atoms with E-state index in [-0.39, 0.29) is 12.5 Å². The Bertz CT molecular complexity index is 685. The molecule has 0 saturated heterocycles. The van der Waals surface area contributed by atoms with Crippen LogP contribution in [0.25, 0.3) is 0 Å². The fourth-order valence-corrected chi connectivity index (χ4v) is 2.36. The number of nitrogens with one attached hydrogen (secondary N) is 1. The fraction of sp³-hybridized carbons (Fsp3) is 0.176. The Morgan fingerprint density at radius 2 is 1.91 bits per heavy atom. The van der Waals surface area contributed by atoms with E-state index >= 15 is 0 Å². The predicted molar refractivity (Wildman–Crippen MR) is 91.3 cm³/mol. The molecule has 0 saturated carbocycles. The van der Waals surface area contributed by atoms with Crippen molar-refractivity contribution in [1.29, 1.82) is 0 Å². The fourth-order valence-electron chi connectivity index (χ4n) is 1.85. The van der Waals surface area contributed by atoms with Crippen LogP contribution in [0.15, 0.2) is 46.9 Å². The van der Waals surface area contributed by atoms with Gasteiger partial charge in [-0.3, -0.25) is 9.59 Å². The molecule has 2 rings (SSSR count). The summed E-state index contributed by atoms with van der Waals surface area (Å²) in [6.07, 6.45) is 0.743. The summed E-state index contributed by atoms with van der Waals surface area (Å²) in [5, 5.41) is 2.73. The van der Waals surface area contributed by atoms with Gasteiger partial charge in [0.15, 0.2) is 6.61 Å². The third kappa shape index (κ3) is 5.10.